The molecular weight excluding hydrogens is 386 g/mol. The van der Waals surface area contributed by atoms with Crippen LogP contribution in [0, 0.1) is 0 Å². The third-order valence-corrected chi connectivity index (χ3v) is 6.38. The zero-order valence-electron chi connectivity index (χ0n) is 14.7. The number of benzene rings is 1. The topological polar surface area (TPSA) is 110 Å². The Bertz CT molecular complexity index is 953. The number of hydrogen-bond donors (Lipinski definition) is 2. The van der Waals surface area contributed by atoms with Gasteiger partial charge in [-0.2, -0.15) is 0 Å². The van der Waals surface area contributed by atoms with E-state index in [4.69, 9.17) is 5.14 Å². The van der Waals surface area contributed by atoms with E-state index in [0.29, 0.717) is 18.7 Å². The molecule has 9 heteroatoms. The highest BCUT2D eigenvalue weighted by atomic mass is 32.2. The van der Waals surface area contributed by atoms with Crippen molar-refractivity contribution < 1.29 is 18.0 Å². The molecule has 0 saturated heterocycles. The summed E-state index contributed by atoms with van der Waals surface area (Å²) >= 11 is 1.72. The predicted molar refractivity (Wildman–Crippen MR) is 102 cm³/mol. The van der Waals surface area contributed by atoms with Crippen molar-refractivity contribution in [3.63, 3.8) is 0 Å². The van der Waals surface area contributed by atoms with Gasteiger partial charge in [-0.15, -0.1) is 11.3 Å². The first kappa shape index (κ1) is 19.5. The summed E-state index contributed by atoms with van der Waals surface area (Å²) in [6.45, 7) is 1.48. The van der Waals surface area contributed by atoms with E-state index in [1.54, 1.807) is 28.4 Å². The second-order valence-electron chi connectivity index (χ2n) is 6.40. The fourth-order valence-electron chi connectivity index (χ4n) is 2.96. The van der Waals surface area contributed by atoms with Crippen LogP contribution >= 0.6 is 11.3 Å². The van der Waals surface area contributed by atoms with Crippen LogP contribution in [-0.2, 0) is 39.1 Å². The Morgan fingerprint density at radius 2 is 2.04 bits per heavy atom. The van der Waals surface area contributed by atoms with Gasteiger partial charge in [0.05, 0.1) is 4.90 Å². The zero-order valence-corrected chi connectivity index (χ0v) is 16.3. The van der Waals surface area contributed by atoms with Crippen LogP contribution in [0.3, 0.4) is 0 Å². The molecule has 0 saturated carbocycles. The summed E-state index contributed by atoms with van der Waals surface area (Å²) in [7, 11) is -3.78. The van der Waals surface area contributed by atoms with Crippen molar-refractivity contribution in [1.82, 2.24) is 10.2 Å². The van der Waals surface area contributed by atoms with E-state index < -0.39 is 10.0 Å². The molecule has 1 aliphatic heterocycles. The number of amides is 2. The van der Waals surface area contributed by atoms with E-state index in [-0.39, 0.29) is 36.1 Å². The fourth-order valence-corrected chi connectivity index (χ4v) is 4.43. The Morgan fingerprint density at radius 3 is 2.81 bits per heavy atom. The number of carbonyl (C=O) groups is 2. The molecule has 27 heavy (non-hydrogen) atoms. The standard InChI is InChI=1S/C18H21N3O4S2/c19-27(24,25)15-3-1-2-13(10-15)11-20-17(22)4-5-18(23)21-8-6-16-14(12-21)7-9-26-16/h1-3,7,9-10H,4-6,8,11-12H2,(H,20,22)(H2,19,24,25). The number of nitrogens with zero attached hydrogens (tertiary/aromatic N) is 1. The molecule has 1 aromatic heterocycles. The average Bonchev–Trinajstić information content (AvgIpc) is 3.11. The molecule has 3 rings (SSSR count). The van der Waals surface area contributed by atoms with Crippen LogP contribution in [0.5, 0.6) is 0 Å². The average molecular weight is 408 g/mol. The lowest BCUT2D eigenvalue weighted by Crippen LogP contribution is -2.36. The minimum Gasteiger partial charge on any atom is -0.352 e. The van der Waals surface area contributed by atoms with Crippen molar-refractivity contribution in [1.29, 1.82) is 0 Å². The third kappa shape index (κ3) is 5.15. The molecule has 0 fully saturated rings. The number of nitrogens with one attached hydrogen (secondary N) is 1. The van der Waals surface area contributed by atoms with Crippen LogP contribution in [0.4, 0.5) is 0 Å². The van der Waals surface area contributed by atoms with E-state index in [2.05, 4.69) is 5.32 Å². The SMILES string of the molecule is NS(=O)(=O)c1cccc(CNC(=O)CCC(=O)N2CCc3sccc3C2)c1. The van der Waals surface area contributed by atoms with Crippen LogP contribution < -0.4 is 10.5 Å². The van der Waals surface area contributed by atoms with Gasteiger partial charge in [0.1, 0.15) is 0 Å². The number of rotatable bonds is 6. The largest absolute Gasteiger partial charge is 0.352 e. The van der Waals surface area contributed by atoms with Crippen molar-refractivity contribution in [2.75, 3.05) is 6.54 Å². The highest BCUT2D eigenvalue weighted by molar-refractivity contribution is 7.89. The van der Waals surface area contributed by atoms with Gasteiger partial charge in [-0.05, 0) is 41.1 Å². The van der Waals surface area contributed by atoms with Crippen molar-refractivity contribution in [3.8, 4) is 0 Å². The number of sulfonamides is 1. The van der Waals surface area contributed by atoms with Gasteiger partial charge in [-0.1, -0.05) is 12.1 Å². The lowest BCUT2D eigenvalue weighted by molar-refractivity contribution is -0.134. The van der Waals surface area contributed by atoms with Crippen LogP contribution in [0.1, 0.15) is 28.8 Å². The molecule has 0 bridgehead atoms. The number of fused-ring (bicyclic) bond motifs is 1. The summed E-state index contributed by atoms with van der Waals surface area (Å²) in [5, 5.41) is 9.84. The first-order chi connectivity index (χ1) is 12.8. The van der Waals surface area contributed by atoms with Gasteiger partial charge in [-0.25, -0.2) is 13.6 Å². The van der Waals surface area contributed by atoms with Crippen molar-refractivity contribution in [2.45, 2.75) is 37.2 Å². The number of nitrogens with two attached hydrogens (primary N) is 1. The molecule has 0 radical (unpaired) electrons. The second-order valence-corrected chi connectivity index (χ2v) is 8.97. The second kappa shape index (κ2) is 8.20. The summed E-state index contributed by atoms with van der Waals surface area (Å²) in [5.41, 5.74) is 1.82. The van der Waals surface area contributed by atoms with E-state index >= 15 is 0 Å². The zero-order chi connectivity index (χ0) is 19.4. The summed E-state index contributed by atoms with van der Waals surface area (Å²) < 4.78 is 22.7. The predicted octanol–water partition coefficient (Wildman–Crippen LogP) is 1.38. The molecular formula is C18H21N3O4S2. The minimum atomic E-state index is -3.78. The van der Waals surface area contributed by atoms with Gasteiger partial charge in [0, 0.05) is 37.4 Å². The van der Waals surface area contributed by atoms with Crippen molar-refractivity contribution in [3.05, 3.63) is 51.7 Å². The van der Waals surface area contributed by atoms with Crippen molar-refractivity contribution >= 4 is 33.2 Å². The fraction of sp³-hybridized carbons (Fsp3) is 0.333. The van der Waals surface area contributed by atoms with E-state index in [1.165, 1.54) is 22.6 Å². The first-order valence-electron chi connectivity index (χ1n) is 8.54. The maximum atomic E-state index is 12.3. The molecule has 2 heterocycles. The molecule has 7 nitrogen and oxygen atoms in total. The van der Waals surface area contributed by atoms with E-state index in [9.17, 15) is 18.0 Å². The number of primary sulfonamides is 1. The van der Waals surface area contributed by atoms with E-state index in [0.717, 1.165) is 6.42 Å². The monoisotopic (exact) mass is 407 g/mol. The first-order valence-corrected chi connectivity index (χ1v) is 11.0. The minimum absolute atomic E-state index is 0.00215. The molecule has 3 N–H and O–H groups in total. The van der Waals surface area contributed by atoms with Gasteiger partial charge < -0.3 is 10.2 Å². The van der Waals surface area contributed by atoms with Crippen LogP contribution in [0.2, 0.25) is 0 Å². The summed E-state index contributed by atoms with van der Waals surface area (Å²) in [6.07, 6.45) is 1.12. The molecule has 0 atom stereocenters. The van der Waals surface area contributed by atoms with Gasteiger partial charge in [0.2, 0.25) is 21.8 Å². The molecule has 1 aliphatic rings. The van der Waals surface area contributed by atoms with Gasteiger partial charge in [0.25, 0.3) is 0 Å². The maximum absolute atomic E-state index is 12.3. The highest BCUT2D eigenvalue weighted by Crippen LogP contribution is 2.24. The summed E-state index contributed by atoms with van der Waals surface area (Å²) in [5.74, 6) is -0.282. The molecule has 1 aromatic carbocycles. The Balaban J connectivity index is 1.46. The van der Waals surface area contributed by atoms with E-state index in [1.807, 2.05) is 11.4 Å². The third-order valence-electron chi connectivity index (χ3n) is 4.44. The molecule has 0 spiro atoms. The molecule has 2 aromatic rings. The molecule has 0 unspecified atom stereocenters. The van der Waals surface area contributed by atoms with Crippen molar-refractivity contribution in [2.24, 2.45) is 5.14 Å². The lowest BCUT2D eigenvalue weighted by atomic mass is 10.1. The number of carbonyl (C=O) groups excluding carboxylic acids is 2. The van der Waals surface area contributed by atoms with Crippen LogP contribution in [0.25, 0.3) is 0 Å². The Hall–Kier alpha value is -2.23. The normalized spacial score (nSPS) is 13.9. The molecule has 0 aliphatic carbocycles. The van der Waals surface area contributed by atoms with Gasteiger partial charge in [-0.3, -0.25) is 9.59 Å². The number of hydrogen-bond acceptors (Lipinski definition) is 5. The maximum Gasteiger partial charge on any atom is 0.238 e. The lowest BCUT2D eigenvalue weighted by Gasteiger charge is -2.27. The van der Waals surface area contributed by atoms with Gasteiger partial charge in [0.15, 0.2) is 0 Å². The smallest absolute Gasteiger partial charge is 0.238 e. The molecule has 2 amide bonds. The Kier molecular flexibility index (Phi) is 5.93. The van der Waals surface area contributed by atoms with Crippen LogP contribution in [0.15, 0.2) is 40.6 Å². The van der Waals surface area contributed by atoms with Gasteiger partial charge >= 0.3 is 0 Å². The highest BCUT2D eigenvalue weighted by Gasteiger charge is 2.21. The molecule has 144 valence electrons. The van der Waals surface area contributed by atoms with Crippen LogP contribution in [-0.4, -0.2) is 31.7 Å². The summed E-state index contributed by atoms with van der Waals surface area (Å²) in [6, 6.07) is 8.14. The Morgan fingerprint density at radius 1 is 1.22 bits per heavy atom. The Labute approximate surface area is 162 Å². The quantitative estimate of drug-likeness (QED) is 0.754. The summed E-state index contributed by atoms with van der Waals surface area (Å²) in [4.78, 5) is 27.5. The number of thiophene rings is 1.